The van der Waals surface area contributed by atoms with E-state index in [9.17, 15) is 9.59 Å². The molecule has 5 nitrogen and oxygen atoms in total. The normalized spacial score (nSPS) is 16.5. The van der Waals surface area contributed by atoms with Crippen LogP contribution in [0.5, 0.6) is 0 Å². The number of Topliss-reactive ketones (excluding diaryl/α,β-unsaturated/α-hetero) is 1. The third kappa shape index (κ3) is 5.43. The molecule has 1 aliphatic rings. The molecule has 0 aromatic carbocycles. The van der Waals surface area contributed by atoms with Crippen molar-refractivity contribution in [2.75, 3.05) is 19.8 Å². The molecule has 0 fully saturated rings. The lowest BCUT2D eigenvalue weighted by molar-refractivity contribution is -0.158. The van der Waals surface area contributed by atoms with E-state index in [0.29, 0.717) is 37.5 Å². The number of ketones is 1. The molecule has 0 radical (unpaired) electrons. The van der Waals surface area contributed by atoms with Crippen molar-refractivity contribution in [3.05, 3.63) is 20.9 Å². The molecular formula is C22H34O5S. The van der Waals surface area contributed by atoms with E-state index in [1.54, 1.807) is 6.92 Å². The van der Waals surface area contributed by atoms with Gasteiger partial charge in [-0.15, -0.1) is 11.3 Å². The van der Waals surface area contributed by atoms with Crippen molar-refractivity contribution in [3.8, 4) is 0 Å². The predicted octanol–water partition coefficient (Wildman–Crippen LogP) is 5.19. The molecule has 1 aliphatic carbocycles. The summed E-state index contributed by atoms with van der Waals surface area (Å²) in [6.07, 6.45) is 6.15. The van der Waals surface area contributed by atoms with E-state index in [2.05, 4.69) is 6.92 Å². The first-order valence-corrected chi connectivity index (χ1v) is 11.5. The summed E-state index contributed by atoms with van der Waals surface area (Å²) in [5.41, 5.74) is 1.62. The molecule has 0 saturated carbocycles. The molecule has 0 spiro atoms. The number of fused-ring (bicyclic) bond motifs is 1. The monoisotopic (exact) mass is 410 g/mol. The van der Waals surface area contributed by atoms with Gasteiger partial charge in [-0.1, -0.05) is 26.2 Å². The molecule has 0 amide bonds. The maximum Gasteiger partial charge on any atom is 0.348 e. The van der Waals surface area contributed by atoms with Gasteiger partial charge in [-0.3, -0.25) is 4.79 Å². The molecule has 0 saturated heterocycles. The second-order valence-corrected chi connectivity index (χ2v) is 8.13. The number of esters is 1. The molecular weight excluding hydrogens is 376 g/mol. The van der Waals surface area contributed by atoms with Crippen LogP contribution in [-0.4, -0.2) is 37.9 Å². The molecule has 6 heteroatoms. The number of hydrogen-bond donors (Lipinski definition) is 0. The summed E-state index contributed by atoms with van der Waals surface area (Å²) in [5.74, 6) is -0.558. The maximum absolute atomic E-state index is 13.4. The van der Waals surface area contributed by atoms with Gasteiger partial charge >= 0.3 is 5.97 Å². The molecule has 0 bridgehead atoms. The van der Waals surface area contributed by atoms with Crippen molar-refractivity contribution in [2.45, 2.75) is 78.9 Å². The fraction of sp³-hybridized carbons (Fsp3) is 0.727. The second-order valence-electron chi connectivity index (χ2n) is 7.03. The molecule has 2 rings (SSSR count). The number of unbranched alkanes of at least 4 members (excludes halogenated alkanes) is 3. The molecule has 1 unspecified atom stereocenters. The zero-order valence-electron chi connectivity index (χ0n) is 17.7. The molecule has 1 aromatic rings. The fourth-order valence-electron chi connectivity index (χ4n) is 3.78. The SMILES string of the molecule is CCCCCCc1sc(C(=O)OCC)c2c1C(=O)C(C(OCC)OCC)CC2. The van der Waals surface area contributed by atoms with E-state index in [1.165, 1.54) is 24.2 Å². The standard InChI is InChI=1S/C22H34O5S/c1-5-9-10-11-12-17-18-15(20(28-17)21(24)25-6-2)13-14-16(19(18)23)22(26-7-3)27-8-4/h16,22H,5-14H2,1-4H3. The molecule has 1 aromatic heterocycles. The van der Waals surface area contributed by atoms with Crippen LogP contribution in [0.2, 0.25) is 0 Å². The Kier molecular flexibility index (Phi) is 9.62. The number of aryl methyl sites for hydroxylation is 1. The maximum atomic E-state index is 13.4. The van der Waals surface area contributed by atoms with Crippen LogP contribution < -0.4 is 0 Å². The van der Waals surface area contributed by atoms with Gasteiger partial charge in [0, 0.05) is 23.7 Å². The Morgan fingerprint density at radius 3 is 2.39 bits per heavy atom. The summed E-state index contributed by atoms with van der Waals surface area (Å²) in [6.45, 7) is 9.15. The zero-order valence-corrected chi connectivity index (χ0v) is 18.5. The highest BCUT2D eigenvalue weighted by atomic mass is 32.1. The third-order valence-corrected chi connectivity index (χ3v) is 6.35. The van der Waals surface area contributed by atoms with E-state index in [-0.39, 0.29) is 17.7 Å². The van der Waals surface area contributed by atoms with Crippen LogP contribution in [0.1, 0.15) is 90.3 Å². The number of thiophene rings is 1. The van der Waals surface area contributed by atoms with Gasteiger partial charge in [0.2, 0.25) is 0 Å². The van der Waals surface area contributed by atoms with Crippen molar-refractivity contribution < 1.29 is 23.8 Å². The Hall–Kier alpha value is -1.24. The average Bonchev–Trinajstić information content (AvgIpc) is 3.05. The second kappa shape index (κ2) is 11.7. The minimum atomic E-state index is -0.519. The van der Waals surface area contributed by atoms with E-state index >= 15 is 0 Å². The lowest BCUT2D eigenvalue weighted by atomic mass is 9.81. The van der Waals surface area contributed by atoms with Gasteiger partial charge in [0.15, 0.2) is 12.1 Å². The highest BCUT2D eigenvalue weighted by molar-refractivity contribution is 7.14. The van der Waals surface area contributed by atoms with Gasteiger partial charge in [0.25, 0.3) is 0 Å². The largest absolute Gasteiger partial charge is 0.462 e. The molecule has 0 aliphatic heterocycles. The van der Waals surface area contributed by atoms with Crippen LogP contribution in [0, 0.1) is 5.92 Å². The molecule has 0 N–H and O–H groups in total. The van der Waals surface area contributed by atoms with Crippen molar-refractivity contribution in [3.63, 3.8) is 0 Å². The number of hydrogen-bond acceptors (Lipinski definition) is 6. The van der Waals surface area contributed by atoms with Gasteiger partial charge < -0.3 is 14.2 Å². The molecule has 28 heavy (non-hydrogen) atoms. The lowest BCUT2D eigenvalue weighted by Gasteiger charge is -2.29. The Labute approximate surface area is 172 Å². The van der Waals surface area contributed by atoms with Crippen molar-refractivity contribution in [2.24, 2.45) is 5.92 Å². The van der Waals surface area contributed by atoms with Gasteiger partial charge in [0.05, 0.1) is 12.5 Å². The molecule has 158 valence electrons. The average molecular weight is 411 g/mol. The number of carbonyl (C=O) groups excluding carboxylic acids is 2. The van der Waals surface area contributed by atoms with E-state index in [1.807, 2.05) is 13.8 Å². The van der Waals surface area contributed by atoms with Crippen LogP contribution in [0.3, 0.4) is 0 Å². The molecule has 1 atom stereocenters. The summed E-state index contributed by atoms with van der Waals surface area (Å²) >= 11 is 1.45. The minimum Gasteiger partial charge on any atom is -0.462 e. The highest BCUT2D eigenvalue weighted by Gasteiger charge is 2.39. The van der Waals surface area contributed by atoms with Crippen molar-refractivity contribution >= 4 is 23.1 Å². The molecule has 1 heterocycles. The Morgan fingerprint density at radius 1 is 1.07 bits per heavy atom. The summed E-state index contributed by atoms with van der Waals surface area (Å²) in [4.78, 5) is 27.5. The number of ether oxygens (including phenoxy) is 3. The van der Waals surface area contributed by atoms with Gasteiger partial charge in [-0.05, 0) is 52.0 Å². The van der Waals surface area contributed by atoms with Crippen LogP contribution in [0.15, 0.2) is 0 Å². The van der Waals surface area contributed by atoms with Crippen LogP contribution in [0.25, 0.3) is 0 Å². The van der Waals surface area contributed by atoms with E-state index < -0.39 is 6.29 Å². The quantitative estimate of drug-likeness (QED) is 0.269. The minimum absolute atomic E-state index is 0.0606. The van der Waals surface area contributed by atoms with Gasteiger partial charge in [0.1, 0.15) is 4.88 Å². The highest BCUT2D eigenvalue weighted by Crippen LogP contribution is 2.39. The third-order valence-electron chi connectivity index (χ3n) is 5.08. The smallest absolute Gasteiger partial charge is 0.348 e. The summed E-state index contributed by atoms with van der Waals surface area (Å²) in [5, 5.41) is 0. The first-order valence-electron chi connectivity index (χ1n) is 10.7. The van der Waals surface area contributed by atoms with Gasteiger partial charge in [-0.2, -0.15) is 0 Å². The van der Waals surface area contributed by atoms with Crippen LogP contribution >= 0.6 is 11.3 Å². The topological polar surface area (TPSA) is 61.8 Å². The lowest BCUT2D eigenvalue weighted by Crippen LogP contribution is -2.37. The van der Waals surface area contributed by atoms with Crippen LogP contribution in [-0.2, 0) is 27.1 Å². The summed E-state index contributed by atoms with van der Waals surface area (Å²) < 4.78 is 16.7. The Balaban J connectivity index is 2.33. The predicted molar refractivity (Wildman–Crippen MR) is 111 cm³/mol. The first kappa shape index (κ1) is 23.0. The summed E-state index contributed by atoms with van der Waals surface area (Å²) in [7, 11) is 0. The van der Waals surface area contributed by atoms with E-state index in [0.717, 1.165) is 35.3 Å². The van der Waals surface area contributed by atoms with Crippen LogP contribution in [0.4, 0.5) is 0 Å². The summed E-state index contributed by atoms with van der Waals surface area (Å²) in [6, 6.07) is 0. The fourth-order valence-corrected chi connectivity index (χ4v) is 5.07. The Morgan fingerprint density at radius 2 is 1.79 bits per heavy atom. The van der Waals surface area contributed by atoms with Crippen molar-refractivity contribution in [1.29, 1.82) is 0 Å². The van der Waals surface area contributed by atoms with E-state index in [4.69, 9.17) is 14.2 Å². The number of rotatable bonds is 12. The first-order chi connectivity index (χ1) is 13.6. The Bertz CT molecular complexity index is 646. The number of carbonyl (C=O) groups is 2. The van der Waals surface area contributed by atoms with Gasteiger partial charge in [-0.25, -0.2) is 4.79 Å². The van der Waals surface area contributed by atoms with Crippen molar-refractivity contribution in [1.82, 2.24) is 0 Å². The zero-order chi connectivity index (χ0) is 20.5.